The highest BCUT2D eigenvalue weighted by Gasteiger charge is 2.14. The summed E-state index contributed by atoms with van der Waals surface area (Å²) in [7, 11) is 1.76. The van der Waals surface area contributed by atoms with Gasteiger partial charge in [0.05, 0.1) is 10.0 Å². The molecule has 3 nitrogen and oxygen atoms in total. The smallest absolute Gasteiger partial charge is 0.156 e. The Hall–Kier alpha value is -2.98. The van der Waals surface area contributed by atoms with E-state index >= 15 is 0 Å². The quantitative estimate of drug-likeness (QED) is 0.145. The minimum Gasteiger partial charge on any atom is -0.490 e. The maximum absolute atomic E-state index is 6.25. The molecule has 5 heteroatoms. The second kappa shape index (κ2) is 14.8. The van der Waals surface area contributed by atoms with Gasteiger partial charge in [0.1, 0.15) is 19.0 Å². The van der Waals surface area contributed by atoms with Gasteiger partial charge in [0.2, 0.25) is 0 Å². The zero-order chi connectivity index (χ0) is 29.4. The van der Waals surface area contributed by atoms with Gasteiger partial charge < -0.3 is 14.2 Å². The molecule has 215 valence electrons. The van der Waals surface area contributed by atoms with E-state index < -0.39 is 0 Å². The Morgan fingerprint density at radius 3 is 2.17 bits per heavy atom. The van der Waals surface area contributed by atoms with E-state index in [0.29, 0.717) is 29.0 Å². The first kappa shape index (κ1) is 31.0. The van der Waals surface area contributed by atoms with Gasteiger partial charge in [-0.05, 0) is 122 Å². The van der Waals surface area contributed by atoms with Gasteiger partial charge >= 0.3 is 0 Å². The molecule has 0 N–H and O–H groups in total. The molecule has 0 heterocycles. The van der Waals surface area contributed by atoms with Crippen LogP contribution in [0.4, 0.5) is 0 Å². The van der Waals surface area contributed by atoms with Crippen molar-refractivity contribution in [2.45, 2.75) is 46.0 Å². The van der Waals surface area contributed by atoms with E-state index in [0.717, 1.165) is 37.2 Å². The molecule has 4 aromatic rings. The Kier molecular flexibility index (Phi) is 11.2. The average molecular weight is 591 g/mol. The third kappa shape index (κ3) is 8.29. The maximum atomic E-state index is 6.25. The van der Waals surface area contributed by atoms with Crippen molar-refractivity contribution in [1.29, 1.82) is 0 Å². The number of hydrogen-bond acceptors (Lipinski definition) is 3. The summed E-state index contributed by atoms with van der Waals surface area (Å²) in [5.74, 6) is 1.43. The summed E-state index contributed by atoms with van der Waals surface area (Å²) >= 11 is 12.5. The third-order valence-electron chi connectivity index (χ3n) is 7.30. The van der Waals surface area contributed by atoms with Crippen LogP contribution in [0.1, 0.15) is 45.7 Å². The minimum atomic E-state index is 0.145. The van der Waals surface area contributed by atoms with Gasteiger partial charge in [-0.15, -0.1) is 0 Å². The van der Waals surface area contributed by atoms with Crippen molar-refractivity contribution in [1.82, 2.24) is 0 Å². The fraction of sp³-hybridized carbons (Fsp3) is 0.306. The summed E-state index contributed by atoms with van der Waals surface area (Å²) in [4.78, 5) is 0. The van der Waals surface area contributed by atoms with E-state index in [4.69, 9.17) is 37.4 Å². The molecular weight excluding hydrogens is 551 g/mol. The Morgan fingerprint density at radius 2 is 1.49 bits per heavy atom. The van der Waals surface area contributed by atoms with Crippen molar-refractivity contribution in [3.05, 3.63) is 123 Å². The van der Waals surface area contributed by atoms with Crippen molar-refractivity contribution in [3.63, 3.8) is 0 Å². The van der Waals surface area contributed by atoms with Gasteiger partial charge in [-0.3, -0.25) is 0 Å². The zero-order valence-corrected chi connectivity index (χ0v) is 25.9. The number of ether oxygens (including phenoxy) is 3. The number of hydrogen-bond donors (Lipinski definition) is 0. The third-order valence-corrected chi connectivity index (χ3v) is 7.86. The van der Waals surface area contributed by atoms with Crippen molar-refractivity contribution in [3.8, 4) is 22.6 Å². The molecule has 4 aromatic carbocycles. The first-order valence-electron chi connectivity index (χ1n) is 14.1. The predicted octanol–water partition coefficient (Wildman–Crippen LogP) is 9.78. The van der Waals surface area contributed by atoms with Crippen molar-refractivity contribution >= 4 is 23.2 Å². The molecule has 0 saturated heterocycles. The molecule has 0 aliphatic rings. The molecular formula is C36H39Cl2O3. The van der Waals surface area contributed by atoms with Crippen LogP contribution in [0.3, 0.4) is 0 Å². The molecule has 0 amide bonds. The SMILES string of the molecule is [CH2]C(Cc1ccc(OCCOc2c(Cl)cc(C)cc2Cl)cc1)c1ccc(-c2c(C)cccc2CCCOC)cc1C. The number of halogens is 2. The second-order valence-electron chi connectivity index (χ2n) is 10.6. The molecule has 0 fully saturated rings. The van der Waals surface area contributed by atoms with Gasteiger partial charge in [0, 0.05) is 13.7 Å². The Balaban J connectivity index is 1.34. The van der Waals surface area contributed by atoms with Gasteiger partial charge in [-0.2, -0.15) is 0 Å². The minimum absolute atomic E-state index is 0.145. The topological polar surface area (TPSA) is 27.7 Å². The number of aryl methyl sites for hydroxylation is 4. The highest BCUT2D eigenvalue weighted by atomic mass is 35.5. The van der Waals surface area contributed by atoms with E-state index in [-0.39, 0.29) is 5.92 Å². The predicted molar refractivity (Wildman–Crippen MR) is 172 cm³/mol. The van der Waals surface area contributed by atoms with Crippen LogP contribution in [0, 0.1) is 27.7 Å². The molecule has 4 rings (SSSR count). The standard InChI is InChI=1S/C36H39Cl2O3/c1-24-20-33(37)36(34(38)21-24)41-19-18-40-31-14-11-28(12-15-31)22-26(3)32-16-13-30(23-27(32)4)35-25(2)8-6-9-29(35)10-7-17-39-5/h6,8-9,11-16,20-21,23,26H,3,7,10,17-19,22H2,1-2,4-5H3. The summed E-state index contributed by atoms with van der Waals surface area (Å²) in [6.45, 7) is 12.3. The van der Waals surface area contributed by atoms with Gasteiger partial charge in [0.15, 0.2) is 5.75 Å². The molecule has 0 aliphatic heterocycles. The molecule has 1 radical (unpaired) electrons. The summed E-state index contributed by atoms with van der Waals surface area (Å²) in [6, 6.07) is 25.2. The zero-order valence-electron chi connectivity index (χ0n) is 24.4. The molecule has 1 atom stereocenters. The van der Waals surface area contributed by atoms with Crippen molar-refractivity contribution < 1.29 is 14.2 Å². The summed E-state index contributed by atoms with van der Waals surface area (Å²) in [5.41, 5.74) is 10.0. The second-order valence-corrected chi connectivity index (χ2v) is 11.4. The lowest BCUT2D eigenvalue weighted by Crippen LogP contribution is -2.09. The van der Waals surface area contributed by atoms with Gasteiger partial charge in [-0.1, -0.05) is 71.7 Å². The monoisotopic (exact) mass is 589 g/mol. The molecule has 1 unspecified atom stereocenters. The van der Waals surface area contributed by atoms with E-state index in [1.54, 1.807) is 7.11 Å². The summed E-state index contributed by atoms with van der Waals surface area (Å²) < 4.78 is 16.9. The van der Waals surface area contributed by atoms with Crippen LogP contribution in [-0.4, -0.2) is 26.9 Å². The average Bonchev–Trinajstić information content (AvgIpc) is 2.93. The van der Waals surface area contributed by atoms with E-state index in [1.807, 2.05) is 31.2 Å². The van der Waals surface area contributed by atoms with E-state index in [1.165, 1.54) is 38.9 Å². The Bertz CT molecular complexity index is 1420. The lowest BCUT2D eigenvalue weighted by atomic mass is 9.87. The van der Waals surface area contributed by atoms with Crippen LogP contribution in [0.5, 0.6) is 11.5 Å². The molecule has 0 aromatic heterocycles. The van der Waals surface area contributed by atoms with Gasteiger partial charge in [-0.25, -0.2) is 0 Å². The van der Waals surface area contributed by atoms with Crippen molar-refractivity contribution in [2.24, 2.45) is 0 Å². The van der Waals surface area contributed by atoms with Crippen LogP contribution in [0.2, 0.25) is 10.0 Å². The lowest BCUT2D eigenvalue weighted by Gasteiger charge is -2.18. The van der Waals surface area contributed by atoms with Gasteiger partial charge in [0.25, 0.3) is 0 Å². The van der Waals surface area contributed by atoms with Crippen LogP contribution >= 0.6 is 23.2 Å². The Morgan fingerprint density at radius 1 is 0.780 bits per heavy atom. The molecule has 0 aliphatic carbocycles. The highest BCUT2D eigenvalue weighted by molar-refractivity contribution is 6.37. The number of methoxy groups -OCH3 is 1. The number of benzene rings is 4. The summed E-state index contributed by atoms with van der Waals surface area (Å²) in [5, 5.41) is 1.01. The van der Waals surface area contributed by atoms with Crippen molar-refractivity contribution in [2.75, 3.05) is 26.9 Å². The van der Waals surface area contributed by atoms with Crippen LogP contribution in [0.25, 0.3) is 11.1 Å². The molecule has 0 saturated carbocycles. The highest BCUT2D eigenvalue weighted by Crippen LogP contribution is 2.34. The lowest BCUT2D eigenvalue weighted by molar-refractivity contribution is 0.195. The normalized spacial score (nSPS) is 11.9. The van der Waals surface area contributed by atoms with Crippen LogP contribution in [0.15, 0.2) is 72.8 Å². The largest absolute Gasteiger partial charge is 0.490 e. The molecule has 0 spiro atoms. The fourth-order valence-corrected chi connectivity index (χ4v) is 6.00. The van der Waals surface area contributed by atoms with E-state index in [9.17, 15) is 0 Å². The first-order chi connectivity index (χ1) is 19.8. The summed E-state index contributed by atoms with van der Waals surface area (Å²) in [6.07, 6.45) is 2.87. The molecule has 0 bridgehead atoms. The number of rotatable bonds is 13. The Labute approximate surface area is 255 Å². The van der Waals surface area contributed by atoms with Crippen LogP contribution in [-0.2, 0) is 17.6 Å². The molecule has 41 heavy (non-hydrogen) atoms. The first-order valence-corrected chi connectivity index (χ1v) is 14.8. The van der Waals surface area contributed by atoms with Crippen LogP contribution < -0.4 is 9.47 Å². The maximum Gasteiger partial charge on any atom is 0.156 e. The fourth-order valence-electron chi connectivity index (χ4n) is 5.29. The van der Waals surface area contributed by atoms with E-state index in [2.05, 4.69) is 69.3 Å².